The Labute approximate surface area is 145 Å². The number of aromatic nitrogens is 3. The molecule has 3 heterocycles. The number of ether oxygens (including phenoxy) is 1. The predicted molar refractivity (Wildman–Crippen MR) is 86.0 cm³/mol. The Kier molecular flexibility index (Phi) is 4.82. The molecule has 136 valence electrons. The molecule has 1 fully saturated rings. The average Bonchev–Trinajstić information content (AvgIpc) is 2.89. The van der Waals surface area contributed by atoms with E-state index in [0.717, 1.165) is 4.57 Å². The summed E-state index contributed by atoms with van der Waals surface area (Å²) in [5.74, 6) is 0.623. The van der Waals surface area contributed by atoms with Crippen molar-refractivity contribution in [1.29, 1.82) is 0 Å². The van der Waals surface area contributed by atoms with E-state index in [1.54, 1.807) is 24.4 Å². The predicted octanol–water partition coefficient (Wildman–Crippen LogP) is 0.609. The number of nitrogens with zero attached hydrogens (tertiary/aromatic N) is 6. The molecule has 0 bridgehead atoms. The molecule has 0 aromatic carbocycles. The van der Waals surface area contributed by atoms with Gasteiger partial charge < -0.3 is 20.3 Å². The zero-order valence-electron chi connectivity index (χ0n) is 13.2. The number of anilines is 2. The number of pyridine rings is 1. The van der Waals surface area contributed by atoms with Gasteiger partial charge in [-0.2, -0.15) is 4.98 Å². The highest BCUT2D eigenvalue weighted by molar-refractivity contribution is 5.50. The molecule has 2 aromatic rings. The van der Waals surface area contributed by atoms with Crippen LogP contribution in [0.1, 0.15) is 6.23 Å². The zero-order chi connectivity index (χ0) is 18.7. The van der Waals surface area contributed by atoms with E-state index < -0.39 is 36.5 Å². The molecular formula is C14H14FN7O4. The van der Waals surface area contributed by atoms with Gasteiger partial charge in [-0.15, -0.1) is 0 Å². The molecule has 4 atom stereocenters. The van der Waals surface area contributed by atoms with Crippen molar-refractivity contribution in [3.8, 4) is 0 Å². The first-order valence-corrected chi connectivity index (χ1v) is 7.45. The Morgan fingerprint density at radius 3 is 2.88 bits per heavy atom. The molecule has 2 aromatic heterocycles. The maximum atomic E-state index is 14.4. The molecule has 0 saturated carbocycles. The van der Waals surface area contributed by atoms with Gasteiger partial charge in [-0.05, 0) is 23.7 Å². The Morgan fingerprint density at radius 1 is 1.46 bits per heavy atom. The van der Waals surface area contributed by atoms with Crippen LogP contribution in [0.2, 0.25) is 0 Å². The van der Waals surface area contributed by atoms with E-state index in [0.29, 0.717) is 5.82 Å². The molecule has 26 heavy (non-hydrogen) atoms. The topological polar surface area (TPSA) is 158 Å². The molecule has 12 heteroatoms. The lowest BCUT2D eigenvalue weighted by atomic mass is 10.1. The minimum absolute atomic E-state index is 0.169. The van der Waals surface area contributed by atoms with E-state index in [2.05, 4.69) is 25.3 Å². The fourth-order valence-corrected chi connectivity index (χ4v) is 2.52. The highest BCUT2D eigenvalue weighted by Crippen LogP contribution is 2.39. The lowest BCUT2D eigenvalue weighted by Gasteiger charge is -2.23. The van der Waals surface area contributed by atoms with E-state index in [9.17, 15) is 19.4 Å². The Hall–Kier alpha value is -3.05. The SMILES string of the molecule is [N-]=[N+]=N[C@]1(CO)O[C@@H](n2ccc(Nc3ccccn3)nc2=O)[C@@H](F)[C@@H]1O. The standard InChI is InChI=1S/C14H14FN7O4/c15-10-11(24)14(7-23,20-21-16)26-12(10)22-6-4-9(19-13(22)25)18-8-3-1-2-5-17-8/h1-6,10-12,23-24H,7H2,(H,17,18,19,25)/t10-,11-,12+,14+/m0/s1. The van der Waals surface area contributed by atoms with Gasteiger partial charge in [0.1, 0.15) is 17.7 Å². The summed E-state index contributed by atoms with van der Waals surface area (Å²) >= 11 is 0. The summed E-state index contributed by atoms with van der Waals surface area (Å²) in [6.07, 6.45) is -2.94. The number of aliphatic hydroxyl groups is 2. The minimum Gasteiger partial charge on any atom is -0.393 e. The first kappa shape index (κ1) is 17.8. The number of hydrogen-bond acceptors (Lipinski definition) is 8. The highest BCUT2D eigenvalue weighted by atomic mass is 19.1. The fraction of sp³-hybridized carbons (Fsp3) is 0.357. The molecule has 0 unspecified atom stereocenters. The second kappa shape index (κ2) is 7.06. The van der Waals surface area contributed by atoms with Crippen LogP contribution in [-0.4, -0.2) is 49.4 Å². The summed E-state index contributed by atoms with van der Waals surface area (Å²) in [5.41, 5.74) is 5.46. The van der Waals surface area contributed by atoms with Crippen LogP contribution in [-0.2, 0) is 4.74 Å². The van der Waals surface area contributed by atoms with Crippen molar-refractivity contribution in [2.24, 2.45) is 5.11 Å². The lowest BCUT2D eigenvalue weighted by Crippen LogP contribution is -2.43. The van der Waals surface area contributed by atoms with Gasteiger partial charge in [-0.25, -0.2) is 14.2 Å². The smallest absolute Gasteiger partial charge is 0.351 e. The summed E-state index contributed by atoms with van der Waals surface area (Å²) in [6, 6.07) is 6.50. The monoisotopic (exact) mass is 363 g/mol. The van der Waals surface area contributed by atoms with Gasteiger partial charge in [-0.1, -0.05) is 11.2 Å². The van der Waals surface area contributed by atoms with Gasteiger partial charge in [0.05, 0.1) is 6.61 Å². The average molecular weight is 363 g/mol. The minimum atomic E-state index is -2.22. The quantitative estimate of drug-likeness (QED) is 0.399. The number of nitrogens with one attached hydrogen (secondary N) is 1. The second-order valence-corrected chi connectivity index (χ2v) is 5.43. The molecule has 3 rings (SSSR count). The fourth-order valence-electron chi connectivity index (χ4n) is 2.52. The van der Waals surface area contributed by atoms with E-state index in [1.165, 1.54) is 12.3 Å². The third-order valence-electron chi connectivity index (χ3n) is 3.83. The van der Waals surface area contributed by atoms with Gasteiger partial charge in [0.25, 0.3) is 0 Å². The maximum Gasteiger partial charge on any atom is 0.351 e. The summed E-state index contributed by atoms with van der Waals surface area (Å²) < 4.78 is 20.4. The largest absolute Gasteiger partial charge is 0.393 e. The first-order chi connectivity index (χ1) is 12.5. The number of azide groups is 1. The van der Waals surface area contributed by atoms with Gasteiger partial charge in [0.2, 0.25) is 5.72 Å². The normalized spacial score (nSPS) is 27.7. The third kappa shape index (κ3) is 3.09. The Balaban J connectivity index is 1.88. The van der Waals surface area contributed by atoms with Crippen molar-refractivity contribution in [1.82, 2.24) is 14.5 Å². The summed E-state index contributed by atoms with van der Waals surface area (Å²) in [4.78, 5) is 22.5. The van der Waals surface area contributed by atoms with Gasteiger partial charge >= 0.3 is 5.69 Å². The van der Waals surface area contributed by atoms with Crippen molar-refractivity contribution < 1.29 is 19.3 Å². The molecule has 0 amide bonds. The van der Waals surface area contributed by atoms with Crippen LogP contribution in [0.25, 0.3) is 10.4 Å². The van der Waals surface area contributed by atoms with Crippen LogP contribution in [0, 0.1) is 0 Å². The van der Waals surface area contributed by atoms with Crippen molar-refractivity contribution in [2.75, 3.05) is 11.9 Å². The lowest BCUT2D eigenvalue weighted by molar-refractivity contribution is -0.124. The van der Waals surface area contributed by atoms with Gasteiger partial charge in [-0.3, -0.25) is 4.57 Å². The van der Waals surface area contributed by atoms with Crippen LogP contribution in [0.15, 0.2) is 46.6 Å². The van der Waals surface area contributed by atoms with Crippen LogP contribution in [0.5, 0.6) is 0 Å². The molecule has 11 nitrogen and oxygen atoms in total. The van der Waals surface area contributed by atoms with E-state index in [-0.39, 0.29) is 5.82 Å². The third-order valence-corrected chi connectivity index (χ3v) is 3.83. The van der Waals surface area contributed by atoms with Crippen LogP contribution in [0.3, 0.4) is 0 Å². The number of alkyl halides is 1. The summed E-state index contributed by atoms with van der Waals surface area (Å²) in [5, 5.41) is 25.2. The van der Waals surface area contributed by atoms with Crippen molar-refractivity contribution >= 4 is 11.6 Å². The number of aliphatic hydroxyl groups excluding tert-OH is 2. The van der Waals surface area contributed by atoms with E-state index in [1.807, 2.05) is 0 Å². The van der Waals surface area contributed by atoms with Crippen LogP contribution >= 0.6 is 0 Å². The molecule has 3 N–H and O–H groups in total. The first-order valence-electron chi connectivity index (χ1n) is 7.45. The molecular weight excluding hydrogens is 349 g/mol. The van der Waals surface area contributed by atoms with E-state index >= 15 is 0 Å². The number of hydrogen-bond donors (Lipinski definition) is 3. The molecule has 1 aliphatic heterocycles. The molecule has 0 spiro atoms. The Morgan fingerprint density at radius 2 is 2.27 bits per heavy atom. The van der Waals surface area contributed by atoms with Crippen molar-refractivity contribution in [3.63, 3.8) is 0 Å². The van der Waals surface area contributed by atoms with Crippen LogP contribution in [0.4, 0.5) is 16.0 Å². The van der Waals surface area contributed by atoms with Crippen LogP contribution < -0.4 is 11.0 Å². The number of rotatable bonds is 5. The van der Waals surface area contributed by atoms with E-state index in [4.69, 9.17) is 10.3 Å². The molecule has 1 saturated heterocycles. The van der Waals surface area contributed by atoms with Crippen molar-refractivity contribution in [3.05, 3.63) is 57.6 Å². The maximum absolute atomic E-state index is 14.4. The van der Waals surface area contributed by atoms with Crippen molar-refractivity contribution in [2.45, 2.75) is 24.2 Å². The Bertz CT molecular complexity index is 888. The summed E-state index contributed by atoms with van der Waals surface area (Å²) in [7, 11) is 0. The zero-order valence-corrected chi connectivity index (χ0v) is 13.2. The second-order valence-electron chi connectivity index (χ2n) is 5.43. The summed E-state index contributed by atoms with van der Waals surface area (Å²) in [6.45, 7) is -0.962. The highest BCUT2D eigenvalue weighted by Gasteiger charge is 2.56. The molecule has 1 aliphatic rings. The number of halogens is 1. The van der Waals surface area contributed by atoms with Gasteiger partial charge in [0.15, 0.2) is 12.4 Å². The van der Waals surface area contributed by atoms with Gasteiger partial charge in [0, 0.05) is 17.3 Å². The molecule has 0 aliphatic carbocycles. The molecule has 0 radical (unpaired) electrons.